The molecular weight excluding hydrogens is 266 g/mol. The Kier molecular flexibility index (Phi) is 3.32. The molecule has 2 atom stereocenters. The van der Waals surface area contributed by atoms with E-state index in [0.29, 0.717) is 12.0 Å². The van der Waals surface area contributed by atoms with E-state index < -0.39 is 0 Å². The van der Waals surface area contributed by atoms with Gasteiger partial charge >= 0.3 is 0 Å². The molecule has 1 aliphatic carbocycles. The zero-order valence-electron chi connectivity index (χ0n) is 15.1. The number of fused-ring (bicyclic) bond motifs is 3. The fraction of sp³-hybridized carbons (Fsp3) is 0.524. The first-order chi connectivity index (χ1) is 10.1. The molecule has 1 heteroatoms. The van der Waals surface area contributed by atoms with Crippen LogP contribution in [0.2, 0.25) is 0 Å². The van der Waals surface area contributed by atoms with E-state index in [1.165, 1.54) is 16.8 Å². The molecule has 0 saturated carbocycles. The second kappa shape index (κ2) is 4.75. The van der Waals surface area contributed by atoms with E-state index in [4.69, 9.17) is 0 Å². The summed E-state index contributed by atoms with van der Waals surface area (Å²) in [5.74, 6) is 0.488. The summed E-state index contributed by atoms with van der Waals surface area (Å²) >= 11 is 0. The van der Waals surface area contributed by atoms with Crippen molar-refractivity contribution in [2.45, 2.75) is 58.9 Å². The predicted molar refractivity (Wildman–Crippen MR) is 96.8 cm³/mol. The SMILES string of the molecule is CN1c2c(cccc2C(C)(C)C)C2C=CC=C(C(C)(C)C)C21. The summed E-state index contributed by atoms with van der Waals surface area (Å²) in [7, 11) is 2.28. The number of benzene rings is 1. The lowest BCUT2D eigenvalue weighted by Gasteiger charge is -2.38. The van der Waals surface area contributed by atoms with Gasteiger partial charge in [-0.1, -0.05) is 78.0 Å². The van der Waals surface area contributed by atoms with Gasteiger partial charge in [0.25, 0.3) is 0 Å². The Labute approximate surface area is 135 Å². The molecule has 2 aliphatic rings. The molecule has 1 heterocycles. The molecule has 0 fully saturated rings. The van der Waals surface area contributed by atoms with E-state index in [2.05, 4.69) is 89.9 Å². The minimum absolute atomic E-state index is 0.169. The van der Waals surface area contributed by atoms with Crippen LogP contribution < -0.4 is 4.90 Å². The molecule has 0 N–H and O–H groups in total. The Morgan fingerprint density at radius 2 is 1.64 bits per heavy atom. The average molecular weight is 295 g/mol. The van der Waals surface area contributed by atoms with Gasteiger partial charge < -0.3 is 4.90 Å². The number of nitrogens with zero attached hydrogens (tertiary/aromatic N) is 1. The van der Waals surface area contributed by atoms with E-state index >= 15 is 0 Å². The Balaban J connectivity index is 2.17. The fourth-order valence-electron chi connectivity index (χ4n) is 4.06. The van der Waals surface area contributed by atoms with Crippen LogP contribution in [0.25, 0.3) is 0 Å². The lowest BCUT2D eigenvalue weighted by atomic mass is 9.74. The summed E-state index contributed by atoms with van der Waals surface area (Å²) in [6, 6.07) is 7.32. The highest BCUT2D eigenvalue weighted by molar-refractivity contribution is 5.71. The number of rotatable bonds is 0. The van der Waals surface area contributed by atoms with Gasteiger partial charge in [-0.2, -0.15) is 0 Å². The molecule has 0 saturated heterocycles. The van der Waals surface area contributed by atoms with Crippen LogP contribution in [-0.4, -0.2) is 13.1 Å². The van der Waals surface area contributed by atoms with Gasteiger partial charge in [-0.3, -0.25) is 0 Å². The van der Waals surface area contributed by atoms with Crippen LogP contribution in [0.3, 0.4) is 0 Å². The van der Waals surface area contributed by atoms with Crippen molar-refractivity contribution in [3.63, 3.8) is 0 Å². The molecule has 1 aromatic rings. The van der Waals surface area contributed by atoms with Crippen LogP contribution in [0.15, 0.2) is 42.0 Å². The first-order valence-electron chi connectivity index (χ1n) is 8.37. The largest absolute Gasteiger partial charge is 0.366 e. The third kappa shape index (κ3) is 2.22. The van der Waals surface area contributed by atoms with Gasteiger partial charge in [0, 0.05) is 18.7 Å². The van der Waals surface area contributed by atoms with Crippen molar-refractivity contribution in [2.75, 3.05) is 11.9 Å². The number of likely N-dealkylation sites (N-methyl/N-ethyl adjacent to an activating group) is 1. The highest BCUT2D eigenvalue weighted by atomic mass is 15.2. The topological polar surface area (TPSA) is 3.24 Å². The zero-order valence-corrected chi connectivity index (χ0v) is 15.1. The van der Waals surface area contributed by atoms with Crippen molar-refractivity contribution in [1.29, 1.82) is 0 Å². The Hall–Kier alpha value is -1.50. The summed E-state index contributed by atoms with van der Waals surface area (Å²) in [5.41, 5.74) is 6.31. The van der Waals surface area contributed by atoms with Crippen molar-refractivity contribution in [3.05, 3.63) is 53.1 Å². The maximum Gasteiger partial charge on any atom is 0.0611 e. The third-order valence-corrected chi connectivity index (χ3v) is 5.12. The van der Waals surface area contributed by atoms with E-state index in [1.54, 1.807) is 5.57 Å². The standard InChI is InChI=1S/C21H29N/c1-20(2,3)16-12-8-10-14-15-11-9-13-17(21(4,5)6)19(15)22(7)18(14)16/h8-14,18H,1-7H3. The molecule has 1 nitrogen and oxygen atoms in total. The molecule has 118 valence electrons. The van der Waals surface area contributed by atoms with Crippen LogP contribution in [-0.2, 0) is 5.41 Å². The average Bonchev–Trinajstić information content (AvgIpc) is 2.71. The minimum Gasteiger partial charge on any atom is -0.366 e. The van der Waals surface area contributed by atoms with Crippen molar-refractivity contribution < 1.29 is 0 Å². The second-order valence-corrected chi connectivity index (χ2v) is 8.83. The Bertz CT molecular complexity index is 649. The van der Waals surface area contributed by atoms with E-state index in [1.807, 2.05) is 0 Å². The van der Waals surface area contributed by atoms with Crippen LogP contribution in [0.5, 0.6) is 0 Å². The van der Waals surface area contributed by atoms with Crippen LogP contribution in [0, 0.1) is 5.41 Å². The number of hydrogen-bond acceptors (Lipinski definition) is 1. The van der Waals surface area contributed by atoms with Gasteiger partial charge in [0.1, 0.15) is 0 Å². The Morgan fingerprint density at radius 3 is 2.23 bits per heavy atom. The quantitative estimate of drug-likeness (QED) is 0.617. The highest BCUT2D eigenvalue weighted by Gasteiger charge is 2.43. The van der Waals surface area contributed by atoms with E-state index in [0.717, 1.165) is 0 Å². The summed E-state index contributed by atoms with van der Waals surface area (Å²) < 4.78 is 0. The highest BCUT2D eigenvalue weighted by Crippen LogP contribution is 2.51. The fourth-order valence-corrected chi connectivity index (χ4v) is 4.06. The van der Waals surface area contributed by atoms with Gasteiger partial charge in [-0.05, 0) is 27.5 Å². The molecule has 1 aliphatic heterocycles. The Morgan fingerprint density at radius 1 is 0.955 bits per heavy atom. The second-order valence-electron chi connectivity index (χ2n) is 8.83. The van der Waals surface area contributed by atoms with Gasteiger partial charge in [0.15, 0.2) is 0 Å². The van der Waals surface area contributed by atoms with Gasteiger partial charge in [-0.15, -0.1) is 0 Å². The monoisotopic (exact) mass is 295 g/mol. The molecule has 0 amide bonds. The predicted octanol–water partition coefficient (Wildman–Crippen LogP) is 5.43. The molecule has 1 aromatic carbocycles. The maximum absolute atomic E-state index is 2.53. The normalized spacial score (nSPS) is 24.1. The molecule has 0 radical (unpaired) electrons. The first-order valence-corrected chi connectivity index (χ1v) is 8.37. The molecule has 0 spiro atoms. The lowest BCUT2D eigenvalue weighted by Crippen LogP contribution is -2.38. The van der Waals surface area contributed by atoms with Crippen molar-refractivity contribution >= 4 is 5.69 Å². The number of anilines is 1. The van der Waals surface area contributed by atoms with Gasteiger partial charge in [0.05, 0.1) is 6.04 Å². The molecule has 3 rings (SSSR count). The summed E-state index contributed by atoms with van der Waals surface area (Å²) in [6.45, 7) is 13.9. The molecule has 2 unspecified atom stereocenters. The molecular formula is C21H29N. The minimum atomic E-state index is 0.169. The summed E-state index contributed by atoms with van der Waals surface area (Å²) in [6.07, 6.45) is 6.98. The summed E-state index contributed by atoms with van der Waals surface area (Å²) in [5, 5.41) is 0. The van der Waals surface area contributed by atoms with Crippen molar-refractivity contribution in [2.24, 2.45) is 5.41 Å². The van der Waals surface area contributed by atoms with E-state index in [-0.39, 0.29) is 10.8 Å². The van der Waals surface area contributed by atoms with Crippen molar-refractivity contribution in [3.8, 4) is 0 Å². The van der Waals surface area contributed by atoms with Crippen LogP contribution in [0.4, 0.5) is 5.69 Å². The van der Waals surface area contributed by atoms with Crippen molar-refractivity contribution in [1.82, 2.24) is 0 Å². The summed E-state index contributed by atoms with van der Waals surface area (Å²) in [4.78, 5) is 2.53. The molecule has 22 heavy (non-hydrogen) atoms. The molecule has 0 aromatic heterocycles. The zero-order chi connectivity index (χ0) is 16.3. The lowest BCUT2D eigenvalue weighted by molar-refractivity contribution is 0.447. The van der Waals surface area contributed by atoms with Gasteiger partial charge in [-0.25, -0.2) is 0 Å². The smallest absolute Gasteiger partial charge is 0.0611 e. The van der Waals surface area contributed by atoms with Crippen LogP contribution >= 0.6 is 0 Å². The molecule has 0 bridgehead atoms. The number of hydrogen-bond donors (Lipinski definition) is 0. The maximum atomic E-state index is 2.53. The van der Waals surface area contributed by atoms with E-state index in [9.17, 15) is 0 Å². The third-order valence-electron chi connectivity index (χ3n) is 5.12. The van der Waals surface area contributed by atoms with Crippen LogP contribution in [0.1, 0.15) is 58.6 Å². The number of allylic oxidation sites excluding steroid dienone is 2. The number of para-hydroxylation sites is 1. The van der Waals surface area contributed by atoms with Gasteiger partial charge in [0.2, 0.25) is 0 Å². The first kappa shape index (κ1) is 15.4.